The van der Waals surface area contributed by atoms with Gasteiger partial charge in [0.25, 0.3) is 0 Å². The standard InChI is InChI=1S/C25H23F5N4O5/c26-18-9-14(10-19(27)22(18)39-25(28,29)30)12-31-5-1-2-6-37-7-8-38-23-21-17(13-32-34-21)16-4-3-15(24(35)36)11-20(16)33-23/h3-4,9-11,13,31H,1-2,5-8,12H2,(H,32,34)(H,35,36). The molecule has 0 aliphatic heterocycles. The van der Waals surface area contributed by atoms with Gasteiger partial charge in [-0.2, -0.15) is 5.10 Å². The lowest BCUT2D eigenvalue weighted by molar-refractivity contribution is -0.276. The number of nitrogens with one attached hydrogen (secondary N) is 2. The predicted octanol–water partition coefficient (Wildman–Crippen LogP) is 4.95. The Kier molecular flexibility index (Phi) is 8.76. The zero-order valence-electron chi connectivity index (χ0n) is 20.3. The summed E-state index contributed by atoms with van der Waals surface area (Å²) in [5, 5.41) is 20.5. The molecule has 208 valence electrons. The van der Waals surface area contributed by atoms with Crippen molar-refractivity contribution in [3.05, 3.63) is 59.3 Å². The first-order valence-corrected chi connectivity index (χ1v) is 11.8. The summed E-state index contributed by atoms with van der Waals surface area (Å²) in [5.74, 6) is -5.14. The van der Waals surface area contributed by atoms with Crippen LogP contribution in [0.3, 0.4) is 0 Å². The molecule has 39 heavy (non-hydrogen) atoms. The Morgan fingerprint density at radius 1 is 1.03 bits per heavy atom. The second-order valence-electron chi connectivity index (χ2n) is 8.39. The molecule has 0 fully saturated rings. The highest BCUT2D eigenvalue weighted by Gasteiger charge is 2.34. The smallest absolute Gasteiger partial charge is 0.478 e. The van der Waals surface area contributed by atoms with Gasteiger partial charge in [-0.25, -0.2) is 18.6 Å². The van der Waals surface area contributed by atoms with Crippen molar-refractivity contribution in [1.82, 2.24) is 20.5 Å². The summed E-state index contributed by atoms with van der Waals surface area (Å²) in [6, 6.07) is 6.20. The highest BCUT2D eigenvalue weighted by atomic mass is 19.4. The fourth-order valence-electron chi connectivity index (χ4n) is 3.82. The fraction of sp³-hybridized carbons (Fsp3) is 0.320. The molecule has 4 rings (SSSR count). The van der Waals surface area contributed by atoms with Crippen molar-refractivity contribution in [1.29, 1.82) is 0 Å². The zero-order valence-corrected chi connectivity index (χ0v) is 20.3. The second-order valence-corrected chi connectivity index (χ2v) is 8.39. The zero-order chi connectivity index (χ0) is 28.0. The van der Waals surface area contributed by atoms with Crippen molar-refractivity contribution < 1.29 is 46.1 Å². The van der Waals surface area contributed by atoms with Crippen LogP contribution in [0.2, 0.25) is 0 Å². The summed E-state index contributed by atoms with van der Waals surface area (Å²) in [7, 11) is 0. The molecule has 9 nitrogen and oxygen atoms in total. The van der Waals surface area contributed by atoms with Gasteiger partial charge in [-0.1, -0.05) is 6.07 Å². The molecule has 0 spiro atoms. The van der Waals surface area contributed by atoms with Crippen molar-refractivity contribution in [2.24, 2.45) is 0 Å². The Bertz CT molecular complexity index is 1440. The third-order valence-corrected chi connectivity index (χ3v) is 5.57. The fourth-order valence-corrected chi connectivity index (χ4v) is 3.82. The average molecular weight is 554 g/mol. The Labute approximate surface area is 217 Å². The first-order chi connectivity index (χ1) is 18.6. The number of nitrogens with zero attached hydrogens (tertiary/aromatic N) is 2. The Balaban J connectivity index is 1.16. The molecule has 0 atom stereocenters. The van der Waals surface area contributed by atoms with Crippen LogP contribution in [0.15, 0.2) is 36.5 Å². The predicted molar refractivity (Wildman–Crippen MR) is 129 cm³/mol. The summed E-state index contributed by atoms with van der Waals surface area (Å²) >= 11 is 0. The molecule has 3 N–H and O–H groups in total. The molecule has 2 aromatic heterocycles. The van der Waals surface area contributed by atoms with Gasteiger partial charge in [-0.15, -0.1) is 13.2 Å². The number of unbranched alkanes of at least 4 members (excludes halogenated alkanes) is 1. The normalized spacial score (nSPS) is 11.8. The molecule has 4 aromatic rings. The number of halogens is 5. The number of aromatic carboxylic acids is 1. The number of pyridine rings is 1. The summed E-state index contributed by atoms with van der Waals surface area (Å²) in [4.78, 5) is 15.7. The quantitative estimate of drug-likeness (QED) is 0.157. The number of H-pyrrole nitrogens is 1. The van der Waals surface area contributed by atoms with Crippen LogP contribution in [0.5, 0.6) is 11.6 Å². The van der Waals surface area contributed by atoms with Gasteiger partial charge in [-0.05, 0) is 49.2 Å². The van der Waals surface area contributed by atoms with Gasteiger partial charge < -0.3 is 24.6 Å². The summed E-state index contributed by atoms with van der Waals surface area (Å²) in [6.45, 7) is 1.42. The molecule has 0 aliphatic rings. The van der Waals surface area contributed by atoms with Crippen molar-refractivity contribution in [2.45, 2.75) is 25.7 Å². The maximum absolute atomic E-state index is 13.8. The van der Waals surface area contributed by atoms with E-state index in [9.17, 15) is 31.9 Å². The molecular weight excluding hydrogens is 531 g/mol. The summed E-state index contributed by atoms with van der Waals surface area (Å²) in [5.41, 5.74) is 1.29. The maximum atomic E-state index is 13.8. The molecule has 0 bridgehead atoms. The van der Waals surface area contributed by atoms with Gasteiger partial charge in [0.15, 0.2) is 11.6 Å². The topological polar surface area (TPSA) is 119 Å². The van der Waals surface area contributed by atoms with E-state index in [0.29, 0.717) is 37.0 Å². The molecule has 0 radical (unpaired) electrons. The van der Waals surface area contributed by atoms with Crippen LogP contribution in [0, 0.1) is 11.6 Å². The number of carbonyl (C=O) groups is 1. The van der Waals surface area contributed by atoms with E-state index in [4.69, 9.17) is 9.47 Å². The van der Waals surface area contributed by atoms with Gasteiger partial charge in [0, 0.05) is 23.9 Å². The lowest BCUT2D eigenvalue weighted by Gasteiger charge is -2.12. The number of hydrogen-bond acceptors (Lipinski definition) is 7. The van der Waals surface area contributed by atoms with Crippen LogP contribution >= 0.6 is 0 Å². The van der Waals surface area contributed by atoms with Gasteiger partial charge in [0.2, 0.25) is 11.6 Å². The lowest BCUT2D eigenvalue weighted by Crippen LogP contribution is -2.20. The number of ether oxygens (including phenoxy) is 3. The average Bonchev–Trinajstić information content (AvgIpc) is 3.37. The summed E-state index contributed by atoms with van der Waals surface area (Å²) in [6.07, 6.45) is -2.23. The van der Waals surface area contributed by atoms with E-state index >= 15 is 0 Å². The molecule has 0 unspecified atom stereocenters. The minimum absolute atomic E-state index is 0.0591. The molecule has 2 aromatic carbocycles. The Morgan fingerprint density at radius 3 is 2.51 bits per heavy atom. The number of carboxylic acid groups (broad SMARTS) is 1. The highest BCUT2D eigenvalue weighted by Crippen LogP contribution is 2.30. The van der Waals surface area contributed by atoms with Crippen LogP contribution in [-0.4, -0.2) is 59.0 Å². The second kappa shape index (κ2) is 12.2. The third-order valence-electron chi connectivity index (χ3n) is 5.57. The van der Waals surface area contributed by atoms with E-state index in [-0.39, 0.29) is 36.8 Å². The minimum Gasteiger partial charge on any atom is -0.478 e. The monoisotopic (exact) mass is 554 g/mol. The van der Waals surface area contributed by atoms with E-state index in [2.05, 4.69) is 25.2 Å². The SMILES string of the molecule is O=C(O)c1ccc2c(c1)nc(OCCOCCCCNCc1cc(F)c(OC(F)(F)F)c(F)c1)c1[nH]ncc12. The number of aromatic nitrogens is 3. The van der Waals surface area contributed by atoms with E-state index in [1.54, 1.807) is 12.3 Å². The number of aromatic amines is 1. The first-order valence-electron chi connectivity index (χ1n) is 11.8. The Hall–Kier alpha value is -4.04. The molecule has 0 saturated heterocycles. The number of rotatable bonds is 13. The number of alkyl halides is 3. The van der Waals surface area contributed by atoms with Gasteiger partial charge >= 0.3 is 12.3 Å². The van der Waals surface area contributed by atoms with Crippen molar-refractivity contribution in [3.63, 3.8) is 0 Å². The van der Waals surface area contributed by atoms with Gasteiger partial charge in [0.1, 0.15) is 12.1 Å². The van der Waals surface area contributed by atoms with Crippen molar-refractivity contribution >= 4 is 27.8 Å². The number of benzene rings is 2. The highest BCUT2D eigenvalue weighted by molar-refractivity contribution is 6.07. The van der Waals surface area contributed by atoms with Gasteiger partial charge in [-0.3, -0.25) is 5.10 Å². The maximum Gasteiger partial charge on any atom is 0.573 e. The van der Waals surface area contributed by atoms with E-state index in [0.717, 1.165) is 22.9 Å². The molecule has 2 heterocycles. The van der Waals surface area contributed by atoms with Gasteiger partial charge in [0.05, 0.1) is 23.9 Å². The van der Waals surface area contributed by atoms with Crippen LogP contribution in [0.4, 0.5) is 22.0 Å². The Morgan fingerprint density at radius 2 is 1.79 bits per heavy atom. The number of hydrogen-bond donors (Lipinski definition) is 3. The van der Waals surface area contributed by atoms with Crippen molar-refractivity contribution in [3.8, 4) is 11.6 Å². The van der Waals surface area contributed by atoms with Crippen LogP contribution in [0.25, 0.3) is 21.8 Å². The molecular formula is C25H23F5N4O5. The van der Waals surface area contributed by atoms with Crippen molar-refractivity contribution in [2.75, 3.05) is 26.4 Å². The van der Waals surface area contributed by atoms with E-state index in [1.807, 2.05) is 0 Å². The molecule has 0 saturated carbocycles. The number of carboxylic acids is 1. The summed E-state index contributed by atoms with van der Waals surface area (Å²) < 4.78 is 78.8. The largest absolute Gasteiger partial charge is 0.573 e. The van der Waals surface area contributed by atoms with Crippen LogP contribution in [-0.2, 0) is 11.3 Å². The van der Waals surface area contributed by atoms with Crippen LogP contribution in [0.1, 0.15) is 28.8 Å². The number of fused-ring (bicyclic) bond motifs is 3. The van der Waals surface area contributed by atoms with Crippen LogP contribution < -0.4 is 14.8 Å². The van der Waals surface area contributed by atoms with E-state index in [1.165, 1.54) is 12.1 Å². The third kappa shape index (κ3) is 7.29. The minimum atomic E-state index is -5.19. The molecule has 0 aliphatic carbocycles. The molecule has 14 heteroatoms. The van der Waals surface area contributed by atoms with E-state index < -0.39 is 29.7 Å². The molecule has 0 amide bonds. The lowest BCUT2D eigenvalue weighted by atomic mass is 10.1. The first kappa shape index (κ1) is 28.0.